The number of nitrogens with one attached hydrogen (secondary N) is 1. The third kappa shape index (κ3) is 5.01. The summed E-state index contributed by atoms with van der Waals surface area (Å²) in [5.41, 5.74) is 3.62. The van der Waals surface area contributed by atoms with E-state index in [0.717, 1.165) is 24.3 Å². The second-order valence-electron chi connectivity index (χ2n) is 7.96. The first-order chi connectivity index (χ1) is 15.8. The standard InChI is InChI=1S/C24H24ClFN4O3/c1-15-13-19(29-11-3-4-12-29)9-10-20(15)27-21(31)14-33-24(32)22-16(2)28-30(23(22)25)18-7-5-17(26)6-8-18/h5-10,13H,3-4,11-12,14H2,1-2H3,(H,27,31). The maximum atomic E-state index is 13.2. The van der Waals surface area contributed by atoms with E-state index >= 15 is 0 Å². The lowest BCUT2D eigenvalue weighted by Gasteiger charge is -2.19. The quantitative estimate of drug-likeness (QED) is 0.529. The van der Waals surface area contributed by atoms with Gasteiger partial charge in [-0.2, -0.15) is 5.10 Å². The Bertz CT molecular complexity index is 1190. The number of halogens is 2. The number of carbonyl (C=O) groups is 2. The van der Waals surface area contributed by atoms with E-state index < -0.39 is 24.3 Å². The molecule has 0 unspecified atom stereocenters. The van der Waals surface area contributed by atoms with Crippen molar-refractivity contribution in [1.29, 1.82) is 0 Å². The molecule has 0 saturated carbocycles. The summed E-state index contributed by atoms with van der Waals surface area (Å²) in [6.45, 7) is 5.15. The Kier molecular flexibility index (Phi) is 6.65. The SMILES string of the molecule is Cc1cc(N2CCCC2)ccc1NC(=O)COC(=O)c1c(C)nn(-c2ccc(F)cc2)c1Cl. The first kappa shape index (κ1) is 22.8. The van der Waals surface area contributed by atoms with Crippen molar-refractivity contribution >= 4 is 34.9 Å². The number of hydrogen-bond acceptors (Lipinski definition) is 5. The van der Waals surface area contributed by atoms with Crippen LogP contribution in [0.2, 0.25) is 5.15 Å². The Labute approximate surface area is 196 Å². The molecule has 4 rings (SSSR count). The Morgan fingerprint density at radius 2 is 1.76 bits per heavy atom. The fourth-order valence-electron chi connectivity index (χ4n) is 3.83. The Balaban J connectivity index is 1.39. The van der Waals surface area contributed by atoms with Crippen molar-refractivity contribution in [1.82, 2.24) is 9.78 Å². The van der Waals surface area contributed by atoms with E-state index in [4.69, 9.17) is 16.3 Å². The highest BCUT2D eigenvalue weighted by atomic mass is 35.5. The second kappa shape index (κ2) is 9.62. The maximum absolute atomic E-state index is 13.2. The number of ether oxygens (including phenoxy) is 1. The molecule has 1 aliphatic heterocycles. The van der Waals surface area contributed by atoms with E-state index in [9.17, 15) is 14.0 Å². The van der Waals surface area contributed by atoms with Gasteiger partial charge in [-0.25, -0.2) is 13.9 Å². The highest BCUT2D eigenvalue weighted by Gasteiger charge is 2.23. The first-order valence-electron chi connectivity index (χ1n) is 10.7. The molecule has 0 radical (unpaired) electrons. The van der Waals surface area contributed by atoms with Crippen LogP contribution >= 0.6 is 11.6 Å². The van der Waals surface area contributed by atoms with E-state index in [-0.39, 0.29) is 10.7 Å². The smallest absolute Gasteiger partial charge is 0.343 e. The zero-order valence-electron chi connectivity index (χ0n) is 18.4. The minimum atomic E-state index is -0.762. The van der Waals surface area contributed by atoms with Crippen LogP contribution in [-0.4, -0.2) is 41.4 Å². The molecule has 1 aromatic heterocycles. The lowest BCUT2D eigenvalue weighted by Crippen LogP contribution is -2.22. The van der Waals surface area contributed by atoms with Gasteiger partial charge in [0.1, 0.15) is 16.5 Å². The topological polar surface area (TPSA) is 76.5 Å². The molecule has 1 amide bonds. The Morgan fingerprint density at radius 3 is 2.42 bits per heavy atom. The molecule has 0 bridgehead atoms. The van der Waals surface area contributed by atoms with Crippen LogP contribution in [0, 0.1) is 19.7 Å². The summed E-state index contributed by atoms with van der Waals surface area (Å²) in [6, 6.07) is 11.4. The number of aromatic nitrogens is 2. The van der Waals surface area contributed by atoms with Gasteiger partial charge in [-0.3, -0.25) is 4.79 Å². The molecular weight excluding hydrogens is 447 g/mol. The van der Waals surface area contributed by atoms with E-state index in [2.05, 4.69) is 15.3 Å². The molecule has 3 aromatic rings. The number of carbonyl (C=O) groups excluding carboxylic acids is 2. The highest BCUT2D eigenvalue weighted by molar-refractivity contribution is 6.33. The Hall–Kier alpha value is -3.39. The van der Waals surface area contributed by atoms with E-state index in [0.29, 0.717) is 17.1 Å². The monoisotopic (exact) mass is 470 g/mol. The number of amides is 1. The van der Waals surface area contributed by atoms with E-state index in [1.807, 2.05) is 25.1 Å². The minimum Gasteiger partial charge on any atom is -0.452 e. The van der Waals surface area contributed by atoms with Crippen LogP contribution in [0.25, 0.3) is 5.69 Å². The zero-order valence-corrected chi connectivity index (χ0v) is 19.2. The average Bonchev–Trinajstić information content (AvgIpc) is 3.42. The summed E-state index contributed by atoms with van der Waals surface area (Å²) in [5.74, 6) is -1.62. The molecular formula is C24H24ClFN4O3. The summed E-state index contributed by atoms with van der Waals surface area (Å²) in [4.78, 5) is 27.3. The van der Waals surface area contributed by atoms with Crippen LogP contribution in [-0.2, 0) is 9.53 Å². The largest absolute Gasteiger partial charge is 0.452 e. The van der Waals surface area contributed by atoms with Crippen LogP contribution in [0.15, 0.2) is 42.5 Å². The molecule has 0 atom stereocenters. The van der Waals surface area contributed by atoms with Crippen LogP contribution < -0.4 is 10.2 Å². The predicted molar refractivity (Wildman–Crippen MR) is 125 cm³/mol. The number of aryl methyl sites for hydroxylation is 2. The van der Waals surface area contributed by atoms with Gasteiger partial charge in [0, 0.05) is 24.5 Å². The van der Waals surface area contributed by atoms with Crippen LogP contribution in [0.4, 0.5) is 15.8 Å². The van der Waals surface area contributed by atoms with Gasteiger partial charge in [0.05, 0.1) is 11.4 Å². The van der Waals surface area contributed by atoms with Crippen LogP contribution in [0.5, 0.6) is 0 Å². The molecule has 0 aliphatic carbocycles. The van der Waals surface area contributed by atoms with Crippen molar-refractivity contribution in [3.05, 3.63) is 70.3 Å². The Morgan fingerprint density at radius 1 is 1.09 bits per heavy atom. The third-order valence-electron chi connectivity index (χ3n) is 5.57. The summed E-state index contributed by atoms with van der Waals surface area (Å²) < 4.78 is 19.7. The van der Waals surface area contributed by atoms with Gasteiger partial charge < -0.3 is 15.0 Å². The molecule has 9 heteroatoms. The molecule has 33 heavy (non-hydrogen) atoms. The number of rotatable bonds is 6. The molecule has 1 fully saturated rings. The summed E-state index contributed by atoms with van der Waals surface area (Å²) >= 11 is 6.33. The van der Waals surface area contributed by atoms with E-state index in [1.54, 1.807) is 6.92 Å². The lowest BCUT2D eigenvalue weighted by atomic mass is 10.1. The molecule has 0 spiro atoms. The summed E-state index contributed by atoms with van der Waals surface area (Å²) in [7, 11) is 0. The number of hydrogen-bond donors (Lipinski definition) is 1. The fraction of sp³-hybridized carbons (Fsp3) is 0.292. The summed E-state index contributed by atoms with van der Waals surface area (Å²) in [6.07, 6.45) is 2.38. The van der Waals surface area contributed by atoms with Crippen LogP contribution in [0.1, 0.15) is 34.5 Å². The van der Waals surface area contributed by atoms with Crippen molar-refractivity contribution in [2.45, 2.75) is 26.7 Å². The highest BCUT2D eigenvalue weighted by Crippen LogP contribution is 2.26. The summed E-state index contributed by atoms with van der Waals surface area (Å²) in [5, 5.41) is 7.04. The van der Waals surface area contributed by atoms with E-state index in [1.165, 1.54) is 41.8 Å². The van der Waals surface area contributed by atoms with Gasteiger partial charge in [-0.05, 0) is 74.7 Å². The van der Waals surface area contributed by atoms with Gasteiger partial charge in [0.15, 0.2) is 6.61 Å². The molecule has 2 heterocycles. The van der Waals surface area contributed by atoms with Crippen molar-refractivity contribution < 1.29 is 18.7 Å². The number of nitrogens with zero attached hydrogens (tertiary/aromatic N) is 3. The van der Waals surface area contributed by atoms with Gasteiger partial charge >= 0.3 is 5.97 Å². The fourth-order valence-corrected chi connectivity index (χ4v) is 4.18. The number of anilines is 2. The minimum absolute atomic E-state index is 0.0258. The molecule has 1 saturated heterocycles. The second-order valence-corrected chi connectivity index (χ2v) is 8.32. The maximum Gasteiger partial charge on any atom is 0.343 e. The van der Waals surface area contributed by atoms with Crippen LogP contribution in [0.3, 0.4) is 0 Å². The average molecular weight is 471 g/mol. The van der Waals surface area contributed by atoms with Gasteiger partial charge in [-0.15, -0.1) is 0 Å². The molecule has 7 nitrogen and oxygen atoms in total. The van der Waals surface area contributed by atoms with Crippen molar-refractivity contribution in [3.8, 4) is 5.69 Å². The first-order valence-corrected chi connectivity index (χ1v) is 11.0. The van der Waals surface area contributed by atoms with Gasteiger partial charge in [-0.1, -0.05) is 11.6 Å². The third-order valence-corrected chi connectivity index (χ3v) is 5.92. The van der Waals surface area contributed by atoms with Gasteiger partial charge in [0.25, 0.3) is 5.91 Å². The molecule has 2 aromatic carbocycles. The zero-order chi connectivity index (χ0) is 23.5. The van der Waals surface area contributed by atoms with Crippen molar-refractivity contribution in [3.63, 3.8) is 0 Å². The number of benzene rings is 2. The normalized spacial score (nSPS) is 13.3. The van der Waals surface area contributed by atoms with Crippen molar-refractivity contribution in [2.75, 3.05) is 29.9 Å². The number of esters is 1. The lowest BCUT2D eigenvalue weighted by molar-refractivity contribution is -0.119. The molecule has 1 aliphatic rings. The van der Waals surface area contributed by atoms with Crippen molar-refractivity contribution in [2.24, 2.45) is 0 Å². The van der Waals surface area contributed by atoms with Gasteiger partial charge in [0.2, 0.25) is 0 Å². The molecule has 172 valence electrons. The molecule has 1 N–H and O–H groups in total. The predicted octanol–water partition coefficient (Wildman–Crippen LogP) is 4.68.